The standard InChI is InChI=1S/C25H23N3O4/c1-15-12-21-23(25(29)28(15)14-16-8-4-6-10-19(16)30-2)22(18(13-26)24(27)32-21)17-9-5-7-11-20(17)31-3/h4-12,22H,14,27H2,1-3H3. The molecule has 1 aliphatic rings. The molecule has 0 saturated heterocycles. The second-order valence-electron chi connectivity index (χ2n) is 7.43. The van der Waals surface area contributed by atoms with Crippen molar-refractivity contribution in [3.63, 3.8) is 0 Å². The first kappa shape index (κ1) is 21.1. The van der Waals surface area contributed by atoms with Gasteiger partial charge in [0.1, 0.15) is 28.9 Å². The molecule has 162 valence electrons. The summed E-state index contributed by atoms with van der Waals surface area (Å²) in [5.74, 6) is 0.864. The van der Waals surface area contributed by atoms with Gasteiger partial charge in [-0.15, -0.1) is 0 Å². The number of nitriles is 1. The number of hydrogen-bond acceptors (Lipinski definition) is 6. The highest BCUT2D eigenvalue weighted by molar-refractivity contribution is 5.58. The Bertz CT molecular complexity index is 1320. The third-order valence-corrected chi connectivity index (χ3v) is 5.66. The number of pyridine rings is 1. The number of rotatable bonds is 5. The lowest BCUT2D eigenvalue weighted by molar-refractivity contribution is 0.382. The van der Waals surface area contributed by atoms with Crippen molar-refractivity contribution in [3.8, 4) is 23.3 Å². The number of aryl methyl sites for hydroxylation is 1. The maximum atomic E-state index is 13.8. The molecule has 7 heteroatoms. The summed E-state index contributed by atoms with van der Waals surface area (Å²) in [6, 6.07) is 18.7. The van der Waals surface area contributed by atoms with Crippen LogP contribution >= 0.6 is 0 Å². The molecule has 0 fully saturated rings. The van der Waals surface area contributed by atoms with E-state index in [-0.39, 0.29) is 17.0 Å². The first-order chi connectivity index (χ1) is 15.5. The Morgan fingerprint density at radius 1 is 1.09 bits per heavy atom. The number of para-hydroxylation sites is 2. The van der Waals surface area contributed by atoms with Crippen LogP contribution < -0.4 is 25.5 Å². The lowest BCUT2D eigenvalue weighted by Crippen LogP contribution is -2.33. The van der Waals surface area contributed by atoms with Crippen LogP contribution in [0, 0.1) is 18.3 Å². The van der Waals surface area contributed by atoms with Gasteiger partial charge in [-0.1, -0.05) is 36.4 Å². The zero-order valence-corrected chi connectivity index (χ0v) is 18.1. The van der Waals surface area contributed by atoms with Crippen molar-refractivity contribution in [2.24, 2.45) is 5.73 Å². The minimum atomic E-state index is -0.711. The number of methoxy groups -OCH3 is 2. The number of benzene rings is 2. The fraction of sp³-hybridized carbons (Fsp3) is 0.200. The SMILES string of the molecule is COc1ccccc1Cn1c(C)cc2c(c1=O)C(c1ccccc1OC)C(C#N)=C(N)O2. The van der Waals surface area contributed by atoms with Gasteiger partial charge in [-0.2, -0.15) is 5.26 Å². The molecule has 1 unspecified atom stereocenters. The van der Waals surface area contributed by atoms with Crippen molar-refractivity contribution < 1.29 is 14.2 Å². The Balaban J connectivity index is 1.95. The average molecular weight is 429 g/mol. The Morgan fingerprint density at radius 3 is 2.44 bits per heavy atom. The van der Waals surface area contributed by atoms with Gasteiger partial charge >= 0.3 is 0 Å². The number of nitrogens with two attached hydrogens (primary N) is 1. The average Bonchev–Trinajstić information content (AvgIpc) is 2.81. The van der Waals surface area contributed by atoms with E-state index in [1.54, 1.807) is 30.9 Å². The first-order valence-corrected chi connectivity index (χ1v) is 10.1. The first-order valence-electron chi connectivity index (χ1n) is 10.1. The molecular formula is C25H23N3O4. The molecule has 0 aliphatic carbocycles. The van der Waals surface area contributed by atoms with Crippen molar-refractivity contribution in [2.75, 3.05) is 14.2 Å². The Kier molecular flexibility index (Phi) is 5.61. The van der Waals surface area contributed by atoms with Gasteiger partial charge in [-0.3, -0.25) is 4.79 Å². The van der Waals surface area contributed by atoms with Crippen molar-refractivity contribution in [2.45, 2.75) is 19.4 Å². The minimum Gasteiger partial charge on any atom is -0.496 e. The number of aromatic nitrogens is 1. The molecule has 0 amide bonds. The van der Waals surface area contributed by atoms with Gasteiger partial charge in [0.25, 0.3) is 5.56 Å². The molecule has 1 atom stereocenters. The minimum absolute atomic E-state index is 0.0165. The maximum Gasteiger partial charge on any atom is 0.259 e. The van der Waals surface area contributed by atoms with Gasteiger partial charge in [-0.25, -0.2) is 0 Å². The van der Waals surface area contributed by atoms with E-state index in [9.17, 15) is 10.1 Å². The molecule has 4 rings (SSSR count). The molecule has 0 radical (unpaired) electrons. The fourth-order valence-corrected chi connectivity index (χ4v) is 4.10. The van der Waals surface area contributed by atoms with Crippen LogP contribution in [0.1, 0.15) is 28.3 Å². The van der Waals surface area contributed by atoms with E-state index < -0.39 is 5.92 Å². The highest BCUT2D eigenvalue weighted by Crippen LogP contribution is 2.43. The fourth-order valence-electron chi connectivity index (χ4n) is 4.10. The zero-order valence-electron chi connectivity index (χ0n) is 18.1. The third-order valence-electron chi connectivity index (χ3n) is 5.66. The lowest BCUT2D eigenvalue weighted by atomic mass is 9.83. The van der Waals surface area contributed by atoms with Gasteiger partial charge in [-0.05, 0) is 19.1 Å². The molecule has 1 aromatic heterocycles. The summed E-state index contributed by atoms with van der Waals surface area (Å²) in [5.41, 5.74) is 8.58. The summed E-state index contributed by atoms with van der Waals surface area (Å²) in [6.07, 6.45) is 0. The smallest absolute Gasteiger partial charge is 0.259 e. The highest BCUT2D eigenvalue weighted by Gasteiger charge is 2.35. The molecule has 3 aromatic rings. The van der Waals surface area contributed by atoms with E-state index in [4.69, 9.17) is 19.9 Å². The Hall–Kier alpha value is -4.18. The molecule has 0 saturated carbocycles. The molecule has 1 aliphatic heterocycles. The van der Waals surface area contributed by atoms with Gasteiger partial charge in [0.2, 0.25) is 5.88 Å². The second kappa shape index (κ2) is 8.52. The van der Waals surface area contributed by atoms with Crippen LogP contribution in [0.4, 0.5) is 0 Å². The van der Waals surface area contributed by atoms with Crippen LogP contribution in [0.15, 0.2) is 70.8 Å². The van der Waals surface area contributed by atoms with Crippen LogP contribution in [0.25, 0.3) is 0 Å². The topological polar surface area (TPSA) is 99.5 Å². The van der Waals surface area contributed by atoms with Gasteiger partial charge in [0, 0.05) is 22.9 Å². The predicted octanol–water partition coefficient (Wildman–Crippen LogP) is 3.44. The quantitative estimate of drug-likeness (QED) is 0.667. The van der Waals surface area contributed by atoms with E-state index in [0.717, 1.165) is 5.56 Å². The summed E-state index contributed by atoms with van der Waals surface area (Å²) in [7, 11) is 3.15. The summed E-state index contributed by atoms with van der Waals surface area (Å²) in [6.45, 7) is 2.14. The third kappa shape index (κ3) is 3.46. The second-order valence-corrected chi connectivity index (χ2v) is 7.43. The number of allylic oxidation sites excluding steroid dienone is 1. The molecule has 0 bridgehead atoms. The molecule has 32 heavy (non-hydrogen) atoms. The van der Waals surface area contributed by atoms with Crippen LogP contribution in [0.5, 0.6) is 17.2 Å². The van der Waals surface area contributed by atoms with Crippen molar-refractivity contribution in [1.82, 2.24) is 4.57 Å². The van der Waals surface area contributed by atoms with Gasteiger partial charge in [0.15, 0.2) is 0 Å². The Labute approximate surface area is 185 Å². The van der Waals surface area contributed by atoms with Crippen LogP contribution in [-0.4, -0.2) is 18.8 Å². The highest BCUT2D eigenvalue weighted by atomic mass is 16.5. The number of fused-ring (bicyclic) bond motifs is 1. The van der Waals surface area contributed by atoms with E-state index in [2.05, 4.69) is 6.07 Å². The number of nitrogens with zero attached hydrogens (tertiary/aromatic N) is 2. The molecule has 7 nitrogen and oxygen atoms in total. The number of ether oxygens (including phenoxy) is 3. The zero-order chi connectivity index (χ0) is 22.8. The summed E-state index contributed by atoms with van der Waals surface area (Å²) >= 11 is 0. The van der Waals surface area contributed by atoms with Gasteiger partial charge < -0.3 is 24.5 Å². The van der Waals surface area contributed by atoms with Crippen molar-refractivity contribution in [1.29, 1.82) is 5.26 Å². The maximum absolute atomic E-state index is 13.8. The predicted molar refractivity (Wildman–Crippen MR) is 120 cm³/mol. The molecule has 2 N–H and O–H groups in total. The number of hydrogen-bond donors (Lipinski definition) is 1. The molecule has 2 heterocycles. The van der Waals surface area contributed by atoms with Crippen molar-refractivity contribution >= 4 is 0 Å². The van der Waals surface area contributed by atoms with Gasteiger partial charge in [0.05, 0.1) is 32.2 Å². The summed E-state index contributed by atoms with van der Waals surface area (Å²) in [4.78, 5) is 13.8. The monoisotopic (exact) mass is 429 g/mol. The molecule has 2 aromatic carbocycles. The van der Waals surface area contributed by atoms with E-state index in [1.807, 2.05) is 49.4 Å². The van der Waals surface area contributed by atoms with Crippen molar-refractivity contribution in [3.05, 3.63) is 98.8 Å². The Morgan fingerprint density at radius 2 is 1.75 bits per heavy atom. The lowest BCUT2D eigenvalue weighted by Gasteiger charge is -2.28. The largest absolute Gasteiger partial charge is 0.496 e. The molecule has 0 spiro atoms. The van der Waals surface area contributed by atoms with E-state index >= 15 is 0 Å². The normalized spacial score (nSPS) is 14.9. The van der Waals surface area contributed by atoms with Crippen LogP contribution in [0.3, 0.4) is 0 Å². The van der Waals surface area contributed by atoms with Crippen LogP contribution in [0.2, 0.25) is 0 Å². The van der Waals surface area contributed by atoms with Crippen LogP contribution in [-0.2, 0) is 6.54 Å². The summed E-state index contributed by atoms with van der Waals surface area (Å²) in [5, 5.41) is 9.87. The summed E-state index contributed by atoms with van der Waals surface area (Å²) < 4.78 is 18.4. The molecular weight excluding hydrogens is 406 g/mol. The van der Waals surface area contributed by atoms with E-state index in [0.29, 0.717) is 40.6 Å². The van der Waals surface area contributed by atoms with E-state index in [1.165, 1.54) is 0 Å².